The van der Waals surface area contributed by atoms with Crippen molar-refractivity contribution in [1.82, 2.24) is 19.7 Å². The van der Waals surface area contributed by atoms with Gasteiger partial charge in [0.1, 0.15) is 0 Å². The fourth-order valence-corrected chi connectivity index (χ4v) is 7.05. The third-order valence-electron chi connectivity index (χ3n) is 8.68. The number of nitrogens with zero attached hydrogens (tertiary/aromatic N) is 4. The number of aromatic nitrogens is 1. The van der Waals surface area contributed by atoms with Gasteiger partial charge in [0.05, 0.1) is 5.56 Å². The summed E-state index contributed by atoms with van der Waals surface area (Å²) in [6.07, 6.45) is 10.5. The van der Waals surface area contributed by atoms with Gasteiger partial charge in [0.25, 0.3) is 5.91 Å². The van der Waals surface area contributed by atoms with Crippen molar-refractivity contribution in [3.63, 3.8) is 0 Å². The molecule has 192 valence electrons. The number of piperidine rings is 3. The minimum absolute atomic E-state index is 0.111. The summed E-state index contributed by atoms with van der Waals surface area (Å²) in [7, 11) is 0. The van der Waals surface area contributed by atoms with Gasteiger partial charge in [-0.1, -0.05) is 30.3 Å². The second-order valence-electron chi connectivity index (χ2n) is 10.8. The van der Waals surface area contributed by atoms with Crippen molar-refractivity contribution >= 4 is 11.8 Å². The molecule has 0 saturated carbocycles. The smallest absolute Gasteiger partial charge is 0.255 e. The molecule has 2 amide bonds. The second kappa shape index (κ2) is 11.5. The first kappa shape index (κ1) is 24.9. The van der Waals surface area contributed by atoms with Gasteiger partial charge in [-0.3, -0.25) is 19.5 Å². The van der Waals surface area contributed by atoms with E-state index in [4.69, 9.17) is 0 Å². The summed E-state index contributed by atoms with van der Waals surface area (Å²) in [6, 6.07) is 14.7. The van der Waals surface area contributed by atoms with Crippen molar-refractivity contribution in [2.24, 2.45) is 11.8 Å². The lowest BCUT2D eigenvalue weighted by Crippen LogP contribution is -2.65. The summed E-state index contributed by atoms with van der Waals surface area (Å²) in [5.41, 5.74) is 1.85. The fourth-order valence-electron chi connectivity index (χ4n) is 7.05. The molecule has 2 aromatic rings. The summed E-state index contributed by atoms with van der Waals surface area (Å²) < 4.78 is 0. The largest absolute Gasteiger partial charge is 0.339 e. The molecule has 3 aliphatic rings. The summed E-state index contributed by atoms with van der Waals surface area (Å²) >= 11 is 0. The highest BCUT2D eigenvalue weighted by Gasteiger charge is 2.49. The van der Waals surface area contributed by atoms with Crippen LogP contribution in [0.1, 0.15) is 67.8 Å². The molecule has 4 atom stereocenters. The number of rotatable bonds is 8. The zero-order chi connectivity index (χ0) is 24.9. The Kier molecular flexibility index (Phi) is 8.00. The van der Waals surface area contributed by atoms with Crippen LogP contribution in [0.5, 0.6) is 0 Å². The van der Waals surface area contributed by atoms with Crippen LogP contribution in [0.3, 0.4) is 0 Å². The van der Waals surface area contributed by atoms with Crippen molar-refractivity contribution in [2.45, 2.75) is 70.5 Å². The standard InChI is InChI=1S/C30H40N4O2/c1-2-32(21-23-10-4-3-5-11-23)28(35)16-6-15-27-26-14-9-19-33-18-8-13-25(29(26)33)22-34(27)30(36)24-12-7-17-31-20-24/h3-5,7,10-12,17,20,25-27,29H,2,6,8-9,13-16,18-19,21-22H2,1H3/t25-,26+,27+,29-/m0/s1. The Balaban J connectivity index is 1.29. The first-order valence-electron chi connectivity index (χ1n) is 13.9. The van der Waals surface area contributed by atoms with Crippen LogP contribution in [0, 0.1) is 11.8 Å². The van der Waals surface area contributed by atoms with E-state index >= 15 is 0 Å². The lowest BCUT2D eigenvalue weighted by molar-refractivity contribution is -0.131. The third-order valence-corrected chi connectivity index (χ3v) is 8.68. The van der Waals surface area contributed by atoms with Crippen LogP contribution < -0.4 is 0 Å². The van der Waals surface area contributed by atoms with E-state index in [1.165, 1.54) is 44.3 Å². The Bertz CT molecular complexity index is 1010. The van der Waals surface area contributed by atoms with Gasteiger partial charge in [0, 0.05) is 50.5 Å². The highest BCUT2D eigenvalue weighted by atomic mass is 16.2. The number of carbonyl (C=O) groups excluding carboxylic acids is 2. The van der Waals surface area contributed by atoms with Crippen molar-refractivity contribution in [1.29, 1.82) is 0 Å². The van der Waals surface area contributed by atoms with E-state index in [0.717, 1.165) is 19.4 Å². The van der Waals surface area contributed by atoms with E-state index in [1.54, 1.807) is 12.4 Å². The molecule has 0 aliphatic carbocycles. The van der Waals surface area contributed by atoms with Gasteiger partial charge in [-0.05, 0) is 88.1 Å². The van der Waals surface area contributed by atoms with Gasteiger partial charge in [-0.25, -0.2) is 0 Å². The summed E-state index contributed by atoms with van der Waals surface area (Å²) in [6.45, 7) is 6.65. The van der Waals surface area contributed by atoms with E-state index in [2.05, 4.69) is 33.8 Å². The monoisotopic (exact) mass is 488 g/mol. The molecule has 1 aromatic heterocycles. The predicted molar refractivity (Wildman–Crippen MR) is 141 cm³/mol. The van der Waals surface area contributed by atoms with Crippen LogP contribution in [-0.2, 0) is 11.3 Å². The van der Waals surface area contributed by atoms with Crippen LogP contribution in [0.15, 0.2) is 54.9 Å². The molecule has 0 bridgehead atoms. The molecule has 0 spiro atoms. The molecule has 36 heavy (non-hydrogen) atoms. The minimum Gasteiger partial charge on any atom is -0.339 e. The van der Waals surface area contributed by atoms with Gasteiger partial charge < -0.3 is 9.80 Å². The fraction of sp³-hybridized carbons (Fsp3) is 0.567. The van der Waals surface area contributed by atoms with Crippen molar-refractivity contribution < 1.29 is 9.59 Å². The van der Waals surface area contributed by atoms with E-state index < -0.39 is 0 Å². The van der Waals surface area contributed by atoms with Gasteiger partial charge in [-0.2, -0.15) is 0 Å². The maximum atomic E-state index is 13.7. The van der Waals surface area contributed by atoms with Gasteiger partial charge in [0.2, 0.25) is 5.91 Å². The van der Waals surface area contributed by atoms with Crippen molar-refractivity contribution in [3.8, 4) is 0 Å². The van der Waals surface area contributed by atoms with Crippen molar-refractivity contribution in [2.75, 3.05) is 26.2 Å². The average molecular weight is 489 g/mol. The number of hydrogen-bond acceptors (Lipinski definition) is 4. The first-order chi connectivity index (χ1) is 17.7. The molecule has 6 nitrogen and oxygen atoms in total. The molecular weight excluding hydrogens is 448 g/mol. The number of amides is 2. The van der Waals surface area contributed by atoms with Crippen LogP contribution in [0.25, 0.3) is 0 Å². The molecule has 6 heteroatoms. The zero-order valence-corrected chi connectivity index (χ0v) is 21.6. The number of pyridine rings is 1. The Labute approximate surface area is 215 Å². The molecule has 3 aliphatic heterocycles. The number of carbonyl (C=O) groups is 2. The molecule has 1 aromatic carbocycles. The average Bonchev–Trinajstić information content (AvgIpc) is 2.93. The minimum atomic E-state index is 0.111. The zero-order valence-electron chi connectivity index (χ0n) is 21.6. The maximum absolute atomic E-state index is 13.7. The van der Waals surface area contributed by atoms with Gasteiger partial charge in [0.15, 0.2) is 0 Å². The SMILES string of the molecule is CCN(Cc1ccccc1)C(=O)CCC[C@@H]1[C@H]2CCCN3CCC[C@@H](CN1C(=O)c1cccnc1)[C@@H]23. The topological polar surface area (TPSA) is 56.8 Å². The number of likely N-dealkylation sites (tertiary alicyclic amines) is 1. The van der Waals surface area contributed by atoms with Gasteiger partial charge in [-0.15, -0.1) is 0 Å². The van der Waals surface area contributed by atoms with E-state index in [-0.39, 0.29) is 17.9 Å². The maximum Gasteiger partial charge on any atom is 0.255 e. The Morgan fingerprint density at radius 1 is 1.06 bits per heavy atom. The van der Waals surface area contributed by atoms with Crippen LogP contribution in [-0.4, -0.2) is 69.8 Å². The van der Waals surface area contributed by atoms with E-state index in [1.807, 2.05) is 35.2 Å². The Morgan fingerprint density at radius 3 is 2.61 bits per heavy atom. The molecule has 3 fully saturated rings. The molecular formula is C30H40N4O2. The lowest BCUT2D eigenvalue weighted by atomic mass is 9.69. The quantitative estimate of drug-likeness (QED) is 0.544. The molecule has 5 rings (SSSR count). The summed E-state index contributed by atoms with van der Waals surface area (Å²) in [4.78, 5) is 37.9. The van der Waals surface area contributed by atoms with E-state index in [0.29, 0.717) is 43.0 Å². The highest BCUT2D eigenvalue weighted by Crippen LogP contribution is 2.43. The van der Waals surface area contributed by atoms with Crippen LogP contribution >= 0.6 is 0 Å². The van der Waals surface area contributed by atoms with Crippen LogP contribution in [0.2, 0.25) is 0 Å². The molecule has 4 heterocycles. The van der Waals surface area contributed by atoms with Gasteiger partial charge >= 0.3 is 0 Å². The third kappa shape index (κ3) is 5.34. The number of hydrogen-bond donors (Lipinski definition) is 0. The summed E-state index contributed by atoms with van der Waals surface area (Å²) in [5, 5.41) is 0. The second-order valence-corrected chi connectivity index (χ2v) is 10.8. The van der Waals surface area contributed by atoms with Crippen LogP contribution in [0.4, 0.5) is 0 Å². The molecule has 0 N–H and O–H groups in total. The molecule has 0 unspecified atom stereocenters. The first-order valence-corrected chi connectivity index (χ1v) is 13.9. The van der Waals surface area contributed by atoms with Crippen molar-refractivity contribution in [3.05, 3.63) is 66.0 Å². The summed E-state index contributed by atoms with van der Waals surface area (Å²) in [5.74, 6) is 1.38. The molecule has 0 radical (unpaired) electrons. The normalized spacial score (nSPS) is 25.8. The Morgan fingerprint density at radius 2 is 1.86 bits per heavy atom. The highest BCUT2D eigenvalue weighted by molar-refractivity contribution is 5.94. The Hall–Kier alpha value is -2.73. The predicted octanol–water partition coefficient (Wildman–Crippen LogP) is 4.62. The molecule has 3 saturated heterocycles. The number of benzene rings is 1. The van der Waals surface area contributed by atoms with E-state index in [9.17, 15) is 9.59 Å². The lowest BCUT2D eigenvalue weighted by Gasteiger charge is -2.57.